The number of phenolic OH excluding ortho intramolecular Hbond substituents is 1. The summed E-state index contributed by atoms with van der Waals surface area (Å²) in [6.07, 6.45) is 0. The van der Waals surface area contributed by atoms with Crippen LogP contribution in [0.2, 0.25) is 0 Å². The van der Waals surface area contributed by atoms with E-state index in [1.54, 1.807) is 13.2 Å². The normalized spacial score (nSPS) is 15.3. The summed E-state index contributed by atoms with van der Waals surface area (Å²) < 4.78 is 10.9. The third-order valence-electron chi connectivity index (χ3n) is 4.33. The SMILES string of the molecule is COc1ccc(OCCN2CCN(c3ccccc3O)CC2)cc1. The van der Waals surface area contributed by atoms with Gasteiger partial charge in [-0.05, 0) is 36.4 Å². The molecule has 128 valence electrons. The lowest BCUT2D eigenvalue weighted by Crippen LogP contribution is -2.47. The quantitative estimate of drug-likeness (QED) is 0.883. The van der Waals surface area contributed by atoms with Gasteiger partial charge in [-0.2, -0.15) is 0 Å². The molecule has 0 unspecified atom stereocenters. The summed E-state index contributed by atoms with van der Waals surface area (Å²) in [4.78, 5) is 4.62. The molecular formula is C19H24N2O3. The molecule has 1 aliphatic rings. The second-order valence-electron chi connectivity index (χ2n) is 5.84. The number of para-hydroxylation sites is 2. The molecule has 2 aromatic rings. The van der Waals surface area contributed by atoms with Crippen LogP contribution in [0.5, 0.6) is 17.2 Å². The van der Waals surface area contributed by atoms with Crippen molar-refractivity contribution in [2.75, 3.05) is 51.3 Å². The lowest BCUT2D eigenvalue weighted by molar-refractivity contribution is 0.200. The molecule has 1 fully saturated rings. The van der Waals surface area contributed by atoms with E-state index in [0.29, 0.717) is 12.4 Å². The standard InChI is InChI=1S/C19H24N2O3/c1-23-16-6-8-17(9-7-16)24-15-14-20-10-12-21(13-11-20)18-4-2-3-5-19(18)22/h2-9,22H,10-15H2,1H3. The van der Waals surface area contributed by atoms with Crippen LogP contribution in [0.15, 0.2) is 48.5 Å². The molecule has 1 aliphatic heterocycles. The summed E-state index contributed by atoms with van der Waals surface area (Å²) in [5.74, 6) is 2.06. The molecule has 0 bridgehead atoms. The van der Waals surface area contributed by atoms with E-state index >= 15 is 0 Å². The first-order valence-electron chi connectivity index (χ1n) is 8.28. The first-order valence-corrected chi connectivity index (χ1v) is 8.28. The highest BCUT2D eigenvalue weighted by Crippen LogP contribution is 2.27. The van der Waals surface area contributed by atoms with Crippen molar-refractivity contribution in [1.29, 1.82) is 0 Å². The largest absolute Gasteiger partial charge is 0.506 e. The Kier molecular flexibility index (Phi) is 5.43. The van der Waals surface area contributed by atoms with Crippen LogP contribution in [0.1, 0.15) is 0 Å². The van der Waals surface area contributed by atoms with E-state index in [0.717, 1.165) is 49.9 Å². The number of aromatic hydroxyl groups is 1. The second-order valence-corrected chi connectivity index (χ2v) is 5.84. The first kappa shape index (κ1) is 16.5. The monoisotopic (exact) mass is 328 g/mol. The van der Waals surface area contributed by atoms with Gasteiger partial charge in [0.05, 0.1) is 12.8 Å². The van der Waals surface area contributed by atoms with E-state index in [1.807, 2.05) is 42.5 Å². The van der Waals surface area contributed by atoms with Crippen molar-refractivity contribution in [2.45, 2.75) is 0 Å². The Morgan fingerprint density at radius 3 is 2.25 bits per heavy atom. The van der Waals surface area contributed by atoms with E-state index in [4.69, 9.17) is 9.47 Å². The number of rotatable bonds is 6. The van der Waals surface area contributed by atoms with Crippen LogP contribution in [-0.2, 0) is 0 Å². The van der Waals surface area contributed by atoms with E-state index in [-0.39, 0.29) is 0 Å². The number of hydrogen-bond donors (Lipinski definition) is 1. The van der Waals surface area contributed by atoms with Crippen molar-refractivity contribution in [3.05, 3.63) is 48.5 Å². The summed E-state index contributed by atoms with van der Waals surface area (Å²) in [5, 5.41) is 9.95. The summed E-state index contributed by atoms with van der Waals surface area (Å²) in [7, 11) is 1.66. The average molecular weight is 328 g/mol. The number of ether oxygens (including phenoxy) is 2. The Morgan fingerprint density at radius 1 is 0.917 bits per heavy atom. The molecule has 1 heterocycles. The summed E-state index contributed by atoms with van der Waals surface area (Å²) >= 11 is 0. The lowest BCUT2D eigenvalue weighted by Gasteiger charge is -2.36. The van der Waals surface area contributed by atoms with Crippen LogP contribution in [0.4, 0.5) is 5.69 Å². The number of hydrogen-bond acceptors (Lipinski definition) is 5. The number of nitrogens with zero attached hydrogens (tertiary/aromatic N) is 2. The molecule has 5 heteroatoms. The third-order valence-corrected chi connectivity index (χ3v) is 4.33. The Balaban J connectivity index is 1.41. The molecule has 0 spiro atoms. The fraction of sp³-hybridized carbons (Fsp3) is 0.368. The molecule has 0 atom stereocenters. The minimum Gasteiger partial charge on any atom is -0.506 e. The van der Waals surface area contributed by atoms with Crippen molar-refractivity contribution in [1.82, 2.24) is 4.90 Å². The number of phenols is 1. The minimum absolute atomic E-state index is 0.355. The van der Waals surface area contributed by atoms with E-state index in [1.165, 1.54) is 0 Å². The zero-order chi connectivity index (χ0) is 16.8. The van der Waals surface area contributed by atoms with Gasteiger partial charge in [-0.15, -0.1) is 0 Å². The summed E-state index contributed by atoms with van der Waals surface area (Å²) in [6.45, 7) is 5.35. The Bertz CT molecular complexity index is 637. The van der Waals surface area contributed by atoms with Gasteiger partial charge < -0.3 is 19.5 Å². The molecule has 0 radical (unpaired) electrons. The average Bonchev–Trinajstić information content (AvgIpc) is 2.63. The van der Waals surface area contributed by atoms with Crippen molar-refractivity contribution in [2.24, 2.45) is 0 Å². The highest BCUT2D eigenvalue weighted by Gasteiger charge is 2.18. The van der Waals surface area contributed by atoms with Crippen molar-refractivity contribution < 1.29 is 14.6 Å². The molecule has 1 saturated heterocycles. The highest BCUT2D eigenvalue weighted by molar-refractivity contribution is 5.57. The maximum Gasteiger partial charge on any atom is 0.138 e. The van der Waals surface area contributed by atoms with Crippen LogP contribution in [0.25, 0.3) is 0 Å². The van der Waals surface area contributed by atoms with Gasteiger partial charge in [-0.25, -0.2) is 0 Å². The molecule has 0 aromatic heterocycles. The van der Waals surface area contributed by atoms with Gasteiger partial charge in [0.2, 0.25) is 0 Å². The molecule has 0 amide bonds. The van der Waals surface area contributed by atoms with E-state index in [9.17, 15) is 5.11 Å². The lowest BCUT2D eigenvalue weighted by atomic mass is 10.2. The summed E-state index contributed by atoms with van der Waals surface area (Å²) in [5.41, 5.74) is 0.923. The smallest absolute Gasteiger partial charge is 0.138 e. The fourth-order valence-corrected chi connectivity index (χ4v) is 2.91. The molecule has 1 N–H and O–H groups in total. The van der Waals surface area contributed by atoms with Gasteiger partial charge in [-0.3, -0.25) is 4.90 Å². The first-order chi connectivity index (χ1) is 11.8. The number of benzene rings is 2. The predicted molar refractivity (Wildman–Crippen MR) is 95.2 cm³/mol. The zero-order valence-corrected chi connectivity index (χ0v) is 14.0. The molecule has 24 heavy (non-hydrogen) atoms. The van der Waals surface area contributed by atoms with Crippen molar-refractivity contribution in [3.63, 3.8) is 0 Å². The number of anilines is 1. The second kappa shape index (κ2) is 7.93. The molecule has 5 nitrogen and oxygen atoms in total. The van der Waals surface area contributed by atoms with Crippen LogP contribution in [0, 0.1) is 0 Å². The maximum absolute atomic E-state index is 9.95. The summed E-state index contributed by atoms with van der Waals surface area (Å²) in [6, 6.07) is 15.2. The Morgan fingerprint density at radius 2 is 1.58 bits per heavy atom. The van der Waals surface area contributed by atoms with Crippen LogP contribution in [-0.4, -0.2) is 56.4 Å². The molecule has 0 aliphatic carbocycles. The minimum atomic E-state index is 0.355. The number of methoxy groups -OCH3 is 1. The van der Waals surface area contributed by atoms with Gasteiger partial charge in [-0.1, -0.05) is 12.1 Å². The topological polar surface area (TPSA) is 45.2 Å². The van der Waals surface area contributed by atoms with Gasteiger partial charge in [0.15, 0.2) is 0 Å². The Labute approximate surface area is 143 Å². The zero-order valence-electron chi connectivity index (χ0n) is 14.0. The molecule has 2 aromatic carbocycles. The van der Waals surface area contributed by atoms with Gasteiger partial charge in [0.25, 0.3) is 0 Å². The number of piperazine rings is 1. The Hall–Kier alpha value is -2.40. The van der Waals surface area contributed by atoms with Crippen LogP contribution in [0.3, 0.4) is 0 Å². The van der Waals surface area contributed by atoms with E-state index in [2.05, 4.69) is 9.80 Å². The van der Waals surface area contributed by atoms with Crippen LogP contribution >= 0.6 is 0 Å². The molecule has 0 saturated carbocycles. The highest BCUT2D eigenvalue weighted by atomic mass is 16.5. The fourth-order valence-electron chi connectivity index (χ4n) is 2.91. The van der Waals surface area contributed by atoms with Gasteiger partial charge in [0.1, 0.15) is 23.9 Å². The predicted octanol–water partition coefficient (Wildman–Crippen LogP) is 2.60. The van der Waals surface area contributed by atoms with Gasteiger partial charge >= 0.3 is 0 Å². The van der Waals surface area contributed by atoms with Crippen molar-refractivity contribution >= 4 is 5.69 Å². The van der Waals surface area contributed by atoms with E-state index < -0.39 is 0 Å². The van der Waals surface area contributed by atoms with Crippen molar-refractivity contribution in [3.8, 4) is 17.2 Å². The molecule has 3 rings (SSSR count). The van der Waals surface area contributed by atoms with Crippen LogP contribution < -0.4 is 14.4 Å². The van der Waals surface area contributed by atoms with Gasteiger partial charge in [0, 0.05) is 32.7 Å². The third kappa shape index (κ3) is 4.11. The molecular weight excluding hydrogens is 304 g/mol. The maximum atomic E-state index is 9.95.